The van der Waals surface area contributed by atoms with Crippen molar-refractivity contribution in [2.75, 3.05) is 24.7 Å². The zero-order valence-electron chi connectivity index (χ0n) is 15.5. The van der Waals surface area contributed by atoms with Gasteiger partial charge in [0, 0.05) is 38.3 Å². The molecule has 0 aromatic carbocycles. The van der Waals surface area contributed by atoms with E-state index in [4.69, 9.17) is 5.73 Å². The van der Waals surface area contributed by atoms with Crippen LogP contribution in [0, 0.1) is 5.92 Å². The zero-order chi connectivity index (χ0) is 18.7. The standard InChI is InChI=1S/C18H28N6O2/c1-24(2)17(26)11-6-8-13(9-7-11)21-16-14(15(19)25)10-20-18(23-16)22-12-4-3-5-12/h10-13H,3-9H2,1-2H3,(H2,19,25)(H2,20,21,22,23)/t11-,13+. The minimum absolute atomic E-state index is 0.0832. The van der Waals surface area contributed by atoms with Gasteiger partial charge in [0.1, 0.15) is 5.82 Å². The predicted octanol–water partition coefficient (Wildman–Crippen LogP) is 1.60. The minimum Gasteiger partial charge on any atom is -0.367 e. The van der Waals surface area contributed by atoms with Crippen LogP contribution in [-0.4, -0.2) is 52.9 Å². The fourth-order valence-corrected chi connectivity index (χ4v) is 3.52. The van der Waals surface area contributed by atoms with E-state index < -0.39 is 5.91 Å². The summed E-state index contributed by atoms with van der Waals surface area (Å²) < 4.78 is 0. The van der Waals surface area contributed by atoms with Crippen molar-refractivity contribution in [1.29, 1.82) is 0 Å². The third-order valence-electron chi connectivity index (χ3n) is 5.35. The summed E-state index contributed by atoms with van der Waals surface area (Å²) in [5, 5.41) is 6.64. The van der Waals surface area contributed by atoms with Crippen LogP contribution in [0.15, 0.2) is 6.20 Å². The van der Waals surface area contributed by atoms with E-state index in [1.165, 1.54) is 12.6 Å². The summed E-state index contributed by atoms with van der Waals surface area (Å²) in [5.41, 5.74) is 5.78. The summed E-state index contributed by atoms with van der Waals surface area (Å²) in [7, 11) is 3.59. The summed E-state index contributed by atoms with van der Waals surface area (Å²) >= 11 is 0. The molecule has 2 saturated carbocycles. The molecule has 0 radical (unpaired) electrons. The van der Waals surface area contributed by atoms with Gasteiger partial charge in [-0.05, 0) is 44.9 Å². The quantitative estimate of drug-likeness (QED) is 0.710. The van der Waals surface area contributed by atoms with Gasteiger partial charge in [-0.2, -0.15) is 4.98 Å². The minimum atomic E-state index is -0.542. The van der Waals surface area contributed by atoms with E-state index in [0.29, 0.717) is 23.4 Å². The molecule has 2 aliphatic carbocycles. The number of aromatic nitrogens is 2. The lowest BCUT2D eigenvalue weighted by Gasteiger charge is -2.30. The molecular weight excluding hydrogens is 332 g/mol. The van der Waals surface area contributed by atoms with Crippen LogP contribution >= 0.6 is 0 Å². The maximum absolute atomic E-state index is 12.1. The van der Waals surface area contributed by atoms with Gasteiger partial charge >= 0.3 is 0 Å². The van der Waals surface area contributed by atoms with Crippen molar-refractivity contribution in [3.63, 3.8) is 0 Å². The third kappa shape index (κ3) is 4.23. The van der Waals surface area contributed by atoms with Crippen LogP contribution < -0.4 is 16.4 Å². The van der Waals surface area contributed by atoms with Gasteiger partial charge in [-0.1, -0.05) is 0 Å². The summed E-state index contributed by atoms with van der Waals surface area (Å²) in [4.78, 5) is 34.2. The normalized spacial score (nSPS) is 23.0. The van der Waals surface area contributed by atoms with Gasteiger partial charge in [-0.15, -0.1) is 0 Å². The fourth-order valence-electron chi connectivity index (χ4n) is 3.52. The Morgan fingerprint density at radius 2 is 1.73 bits per heavy atom. The molecular formula is C18H28N6O2. The molecule has 2 aliphatic rings. The number of nitrogens with one attached hydrogen (secondary N) is 2. The first-order chi connectivity index (χ1) is 12.4. The number of nitrogens with zero attached hydrogens (tertiary/aromatic N) is 3. The SMILES string of the molecule is CN(C)C(=O)[C@H]1CC[C@@H](Nc2nc(NC3CCC3)ncc2C(N)=O)CC1. The molecule has 26 heavy (non-hydrogen) atoms. The second-order valence-corrected chi connectivity index (χ2v) is 7.52. The molecule has 4 N–H and O–H groups in total. The number of carbonyl (C=O) groups excluding carboxylic acids is 2. The lowest BCUT2D eigenvalue weighted by molar-refractivity contribution is -0.133. The smallest absolute Gasteiger partial charge is 0.254 e. The molecule has 0 bridgehead atoms. The van der Waals surface area contributed by atoms with Gasteiger partial charge < -0.3 is 21.3 Å². The Morgan fingerprint density at radius 1 is 1.08 bits per heavy atom. The van der Waals surface area contributed by atoms with Crippen LogP contribution in [0.1, 0.15) is 55.3 Å². The van der Waals surface area contributed by atoms with Crippen LogP contribution in [0.2, 0.25) is 0 Å². The highest BCUT2D eigenvalue weighted by molar-refractivity contribution is 5.97. The van der Waals surface area contributed by atoms with Gasteiger partial charge in [-0.25, -0.2) is 4.98 Å². The summed E-state index contributed by atoms with van der Waals surface area (Å²) in [5.74, 6) is 0.741. The number of rotatable bonds is 6. The summed E-state index contributed by atoms with van der Waals surface area (Å²) in [6.45, 7) is 0. The molecule has 0 aliphatic heterocycles. The van der Waals surface area contributed by atoms with E-state index in [9.17, 15) is 9.59 Å². The van der Waals surface area contributed by atoms with E-state index in [-0.39, 0.29) is 17.9 Å². The highest BCUT2D eigenvalue weighted by Crippen LogP contribution is 2.29. The molecule has 0 unspecified atom stereocenters. The Labute approximate surface area is 153 Å². The van der Waals surface area contributed by atoms with E-state index in [1.807, 2.05) is 0 Å². The topological polar surface area (TPSA) is 113 Å². The number of amides is 2. The molecule has 3 rings (SSSR count). The molecule has 8 heteroatoms. The number of anilines is 2. The fraction of sp³-hybridized carbons (Fsp3) is 0.667. The van der Waals surface area contributed by atoms with Crippen LogP contribution in [0.5, 0.6) is 0 Å². The van der Waals surface area contributed by atoms with Crippen molar-refractivity contribution < 1.29 is 9.59 Å². The number of primary amides is 1. The van der Waals surface area contributed by atoms with Crippen molar-refractivity contribution in [1.82, 2.24) is 14.9 Å². The number of hydrogen-bond donors (Lipinski definition) is 3. The van der Waals surface area contributed by atoms with Gasteiger partial charge in [0.05, 0.1) is 5.56 Å². The lowest BCUT2D eigenvalue weighted by atomic mass is 9.85. The van der Waals surface area contributed by atoms with Crippen molar-refractivity contribution >= 4 is 23.6 Å². The average molecular weight is 360 g/mol. The van der Waals surface area contributed by atoms with Crippen molar-refractivity contribution in [2.24, 2.45) is 11.7 Å². The largest absolute Gasteiger partial charge is 0.367 e. The monoisotopic (exact) mass is 360 g/mol. The highest BCUT2D eigenvalue weighted by atomic mass is 16.2. The summed E-state index contributed by atoms with van der Waals surface area (Å²) in [6, 6.07) is 0.584. The molecule has 1 aromatic heterocycles. The van der Waals surface area contributed by atoms with Gasteiger partial charge in [0.25, 0.3) is 5.91 Å². The van der Waals surface area contributed by atoms with Gasteiger partial charge in [-0.3, -0.25) is 9.59 Å². The van der Waals surface area contributed by atoms with Crippen LogP contribution in [0.4, 0.5) is 11.8 Å². The number of nitrogens with two attached hydrogens (primary N) is 1. The van der Waals surface area contributed by atoms with Crippen LogP contribution in [0.3, 0.4) is 0 Å². The van der Waals surface area contributed by atoms with E-state index in [1.54, 1.807) is 19.0 Å². The lowest BCUT2D eigenvalue weighted by Crippen LogP contribution is -2.35. The van der Waals surface area contributed by atoms with Crippen molar-refractivity contribution in [2.45, 2.75) is 57.0 Å². The third-order valence-corrected chi connectivity index (χ3v) is 5.35. The zero-order valence-corrected chi connectivity index (χ0v) is 15.5. The van der Waals surface area contributed by atoms with Crippen LogP contribution in [0.25, 0.3) is 0 Å². The van der Waals surface area contributed by atoms with E-state index in [0.717, 1.165) is 38.5 Å². The Bertz CT molecular complexity index is 666. The Balaban J connectivity index is 1.65. The average Bonchev–Trinajstić information content (AvgIpc) is 2.58. The Kier molecular flexibility index (Phi) is 5.58. The first-order valence-electron chi connectivity index (χ1n) is 9.35. The second-order valence-electron chi connectivity index (χ2n) is 7.52. The van der Waals surface area contributed by atoms with Crippen molar-refractivity contribution in [3.8, 4) is 0 Å². The molecule has 0 atom stereocenters. The molecule has 2 amide bonds. The van der Waals surface area contributed by atoms with Gasteiger partial charge in [0.15, 0.2) is 0 Å². The number of hydrogen-bond acceptors (Lipinski definition) is 6. The maximum Gasteiger partial charge on any atom is 0.254 e. The first-order valence-corrected chi connectivity index (χ1v) is 9.35. The van der Waals surface area contributed by atoms with E-state index in [2.05, 4.69) is 20.6 Å². The predicted molar refractivity (Wildman–Crippen MR) is 99.9 cm³/mol. The summed E-state index contributed by atoms with van der Waals surface area (Å²) in [6.07, 6.45) is 8.32. The number of carbonyl (C=O) groups is 2. The molecule has 142 valence electrons. The maximum atomic E-state index is 12.1. The molecule has 2 fully saturated rings. The highest BCUT2D eigenvalue weighted by Gasteiger charge is 2.28. The Hall–Kier alpha value is -2.38. The molecule has 0 spiro atoms. The molecule has 0 saturated heterocycles. The van der Waals surface area contributed by atoms with E-state index >= 15 is 0 Å². The molecule has 1 heterocycles. The first kappa shape index (κ1) is 18.4. The van der Waals surface area contributed by atoms with Crippen LogP contribution in [-0.2, 0) is 4.79 Å². The van der Waals surface area contributed by atoms with Gasteiger partial charge in [0.2, 0.25) is 11.9 Å². The van der Waals surface area contributed by atoms with Crippen molar-refractivity contribution in [3.05, 3.63) is 11.8 Å². The second kappa shape index (κ2) is 7.88. The Morgan fingerprint density at radius 3 is 2.27 bits per heavy atom. The molecule has 1 aromatic rings. The molecule has 8 nitrogen and oxygen atoms in total.